The van der Waals surface area contributed by atoms with Gasteiger partial charge >= 0.3 is 189 Å². The van der Waals surface area contributed by atoms with Crippen LogP contribution in [0.5, 0.6) is 11.5 Å². The van der Waals surface area contributed by atoms with Crippen LogP contribution >= 0.6 is 92.8 Å². The van der Waals surface area contributed by atoms with Crippen LogP contribution in [0, 0.1) is 69.8 Å². The third-order valence-electron chi connectivity index (χ3n) is 11.5. The fourth-order valence-electron chi connectivity index (χ4n) is 8.16. The Bertz CT molecular complexity index is 3070. The number of hydrogen-bond acceptors (Lipinski definition) is 3. The molecular formula is C52H27BCl8F12O3Se. The van der Waals surface area contributed by atoms with Gasteiger partial charge in [0.2, 0.25) is 0 Å². The maximum absolute atomic E-state index is 16.0. The summed E-state index contributed by atoms with van der Waals surface area (Å²) in [7, 11) is 0. The van der Waals surface area contributed by atoms with Gasteiger partial charge in [0.05, 0.1) is 20.1 Å². The summed E-state index contributed by atoms with van der Waals surface area (Å²) in [6, 6.07) is 39.7. The molecule has 77 heavy (non-hydrogen) atoms. The van der Waals surface area contributed by atoms with Gasteiger partial charge in [-0.25, -0.2) is 52.7 Å². The van der Waals surface area contributed by atoms with Gasteiger partial charge in [-0.05, 0) is 0 Å². The van der Waals surface area contributed by atoms with E-state index in [0.717, 1.165) is 11.5 Å². The van der Waals surface area contributed by atoms with E-state index in [1.165, 1.54) is 13.4 Å². The van der Waals surface area contributed by atoms with Crippen molar-refractivity contribution in [2.75, 3.05) is 26.4 Å². The molecule has 0 N–H and O–H groups in total. The van der Waals surface area contributed by atoms with Crippen molar-refractivity contribution in [3.05, 3.63) is 225 Å². The Hall–Kier alpha value is -4.62. The molecule has 0 aromatic heterocycles. The Morgan fingerprint density at radius 1 is 0.312 bits per heavy atom. The number of hydrogen-bond donors (Lipinski definition) is 0. The van der Waals surface area contributed by atoms with Crippen molar-refractivity contribution in [2.45, 2.75) is 0 Å². The van der Waals surface area contributed by atoms with Crippen molar-refractivity contribution in [2.24, 2.45) is 0 Å². The van der Waals surface area contributed by atoms with E-state index in [9.17, 15) is 17.6 Å². The van der Waals surface area contributed by atoms with Crippen molar-refractivity contribution in [3.8, 4) is 11.5 Å². The van der Waals surface area contributed by atoms with Crippen LogP contribution in [0.15, 0.2) is 115 Å². The van der Waals surface area contributed by atoms with Crippen molar-refractivity contribution in [1.29, 1.82) is 0 Å². The van der Waals surface area contributed by atoms with Crippen LogP contribution in [0.3, 0.4) is 0 Å². The van der Waals surface area contributed by atoms with Gasteiger partial charge in [-0.2, -0.15) is 0 Å². The number of ether oxygens (including phenoxy) is 3. The molecule has 0 unspecified atom stereocenters. The second-order valence-corrected chi connectivity index (χ2v) is 23.0. The quantitative estimate of drug-likeness (QED) is 0.0337. The molecule has 402 valence electrons. The first-order valence-corrected chi connectivity index (χ1v) is 27.3. The minimum absolute atomic E-state index is 0.505. The molecule has 3 nitrogen and oxygen atoms in total. The summed E-state index contributed by atoms with van der Waals surface area (Å²) in [6.45, 7) is 2.08. The minimum atomic E-state index is -5.62. The van der Waals surface area contributed by atoms with Crippen LogP contribution in [0.4, 0.5) is 52.7 Å². The first-order valence-electron chi connectivity index (χ1n) is 21.7. The fraction of sp³-hybridized carbons (Fsp3) is 0.0769. The van der Waals surface area contributed by atoms with Crippen LogP contribution in [0.2, 0.25) is 40.2 Å². The Morgan fingerprint density at radius 3 is 0.961 bits per heavy atom. The normalized spacial score (nSPS) is 11.5. The summed E-state index contributed by atoms with van der Waals surface area (Å²) in [4.78, 5) is 0. The Morgan fingerprint density at radius 2 is 0.610 bits per heavy atom. The predicted molar refractivity (Wildman–Crippen MR) is 282 cm³/mol. The molecule has 0 aliphatic carbocycles. The summed E-state index contributed by atoms with van der Waals surface area (Å²) in [5, 5.41) is -13.9. The predicted octanol–water partition coefficient (Wildman–Crippen LogP) is 13.6. The molecule has 25 heteroatoms. The zero-order valence-electron chi connectivity index (χ0n) is 38.1. The molecule has 0 radical (unpaired) electrons. The fourth-order valence-corrected chi connectivity index (χ4v) is 14.8. The average molecular weight is 1300 g/mol. The van der Waals surface area contributed by atoms with Crippen molar-refractivity contribution in [1.82, 2.24) is 0 Å². The van der Waals surface area contributed by atoms with Crippen LogP contribution in [-0.4, -0.2) is 46.5 Å². The second-order valence-electron chi connectivity index (χ2n) is 15.8. The molecule has 0 atom stereocenters. The standard InChI is InChI=1S/C28H27O3Se.C24BCl8F12/c1-4-12-24(13-5-1)30-22-20-29-21-23-31-27-18-10-11-19-28(27)32(25-14-6-2-7-15-25)26-16-8-3-9-17-26;26-5-1(13(34)21(42)17(38)9(5)30)25(2-6(27)10(31)18(39)22(43)14(2)35,3-7(28)11(32)19(40)23(44)15(3)36)4-8(29)12(33)20(41)24(45)16(4)37/h1-19H,20-23H2;/q+1;-1. The Labute approximate surface area is 474 Å². The van der Waals surface area contributed by atoms with Gasteiger partial charge in [0.1, 0.15) is 29.4 Å². The molecule has 0 aliphatic heterocycles. The molecule has 8 rings (SSSR count). The van der Waals surface area contributed by atoms with E-state index >= 15 is 35.1 Å². The third kappa shape index (κ3) is 11.6. The van der Waals surface area contributed by atoms with Crippen LogP contribution in [-0.2, 0) is 4.74 Å². The topological polar surface area (TPSA) is 27.7 Å². The summed E-state index contributed by atoms with van der Waals surface area (Å²) in [5.74, 6) is -29.5. The average Bonchev–Trinajstić information content (AvgIpc) is 3.60. The second kappa shape index (κ2) is 25.7. The van der Waals surface area contributed by atoms with Gasteiger partial charge in [0.15, 0.2) is 46.5 Å². The molecule has 0 saturated carbocycles. The van der Waals surface area contributed by atoms with E-state index < -0.39 is 152 Å². The van der Waals surface area contributed by atoms with Crippen LogP contribution < -0.4 is 44.7 Å². The molecule has 0 spiro atoms. The summed E-state index contributed by atoms with van der Waals surface area (Å²) < 4.78 is 204. The zero-order valence-corrected chi connectivity index (χ0v) is 45.8. The monoisotopic (exact) mass is 1300 g/mol. The molecule has 0 amide bonds. The van der Waals surface area contributed by atoms with E-state index in [1.807, 2.05) is 36.4 Å². The van der Waals surface area contributed by atoms with Gasteiger partial charge < -0.3 is 0 Å². The van der Waals surface area contributed by atoms with Crippen molar-refractivity contribution in [3.63, 3.8) is 0 Å². The van der Waals surface area contributed by atoms with Gasteiger partial charge in [0, 0.05) is 20.1 Å². The van der Waals surface area contributed by atoms with E-state index in [4.69, 9.17) is 107 Å². The molecule has 8 aromatic rings. The molecule has 0 heterocycles. The molecule has 0 saturated heterocycles. The number of para-hydroxylation sites is 2. The van der Waals surface area contributed by atoms with Gasteiger partial charge in [-0.15, -0.1) is 21.9 Å². The number of rotatable bonds is 15. The molecule has 0 bridgehead atoms. The first kappa shape index (κ1) is 60.0. The third-order valence-corrected chi connectivity index (χ3v) is 19.6. The first-order chi connectivity index (χ1) is 36.6. The van der Waals surface area contributed by atoms with E-state index in [-0.39, 0.29) is 0 Å². The van der Waals surface area contributed by atoms with E-state index in [2.05, 4.69) is 78.9 Å². The molecule has 8 aromatic carbocycles. The molecule has 0 fully saturated rings. The molecule has 0 aliphatic rings. The molecular weight excluding hydrogens is 1270 g/mol. The van der Waals surface area contributed by atoms with Crippen molar-refractivity contribution >= 4 is 148 Å². The Balaban J connectivity index is 0.000000236. The summed E-state index contributed by atoms with van der Waals surface area (Å²) >= 11 is 45.2. The Kier molecular flexibility index (Phi) is 20.0. The van der Waals surface area contributed by atoms with Crippen LogP contribution in [0.1, 0.15) is 0 Å². The van der Waals surface area contributed by atoms with Crippen LogP contribution in [0.25, 0.3) is 0 Å². The van der Waals surface area contributed by atoms with E-state index in [1.54, 1.807) is 0 Å². The summed E-state index contributed by atoms with van der Waals surface area (Å²) in [6.07, 6.45) is -5.62. The summed E-state index contributed by atoms with van der Waals surface area (Å²) in [5.41, 5.74) is -8.47. The number of halogens is 20. The SMILES string of the molecule is Fc1c(F)c(Cl)c(Cl)c([B-](c2c(F)c(F)c(F)c(Cl)c2Cl)(c2c(F)c(F)c(F)c(Cl)c2Cl)c2c(F)c(F)c(F)c(Cl)c2Cl)c1F.c1ccc(OCCOCCOc2ccccc2[Se+](c2ccccc2)c2ccccc2)cc1. The maximum atomic E-state index is 16.0. The van der Waals surface area contributed by atoms with Crippen molar-refractivity contribution < 1.29 is 66.9 Å². The van der Waals surface area contributed by atoms with E-state index in [0.29, 0.717) is 26.4 Å². The zero-order chi connectivity index (χ0) is 56.2. The van der Waals surface area contributed by atoms with Gasteiger partial charge in [-0.1, -0.05) is 98.9 Å². The number of benzene rings is 8. The van der Waals surface area contributed by atoms with Gasteiger partial charge in [0.25, 0.3) is 0 Å². The van der Waals surface area contributed by atoms with Gasteiger partial charge in [-0.3, -0.25) is 0 Å².